The number of carbonyl (C=O) groups excluding carboxylic acids is 1. The van der Waals surface area contributed by atoms with E-state index in [0.717, 1.165) is 11.0 Å². The zero-order valence-electron chi connectivity index (χ0n) is 10.3. The van der Waals surface area contributed by atoms with Crippen LogP contribution in [0.2, 0.25) is 0 Å². The first kappa shape index (κ1) is 17.1. The van der Waals surface area contributed by atoms with Gasteiger partial charge in [0.1, 0.15) is 13.2 Å². The molecule has 0 unspecified atom stereocenters. The predicted octanol–water partition coefficient (Wildman–Crippen LogP) is -1.41. The van der Waals surface area contributed by atoms with Crippen LogP contribution in [0, 0.1) is 0 Å². The van der Waals surface area contributed by atoms with Gasteiger partial charge in [-0.05, 0) is 20.8 Å². The van der Waals surface area contributed by atoms with Crippen LogP contribution in [0.3, 0.4) is 0 Å². The Labute approximate surface area is 103 Å². The topological polar surface area (TPSA) is 26.3 Å². The second-order valence-electron chi connectivity index (χ2n) is 4.95. The quantitative estimate of drug-likeness (QED) is 0.359. The van der Waals surface area contributed by atoms with Crippen LogP contribution in [0.5, 0.6) is 0 Å². The van der Waals surface area contributed by atoms with Gasteiger partial charge in [-0.15, -0.1) is 0 Å². The minimum absolute atomic E-state index is 0. The zero-order valence-corrected chi connectivity index (χ0v) is 11.9. The lowest BCUT2D eigenvalue weighted by Crippen LogP contribution is -3.00. The van der Waals surface area contributed by atoms with Gasteiger partial charge >= 0.3 is 5.97 Å². The fourth-order valence-electron chi connectivity index (χ4n) is 0.769. The Kier molecular flexibility index (Phi) is 7.14. The molecule has 0 heterocycles. The summed E-state index contributed by atoms with van der Waals surface area (Å²) in [5, 5.41) is 0. The van der Waals surface area contributed by atoms with Crippen LogP contribution in [0.25, 0.3) is 0 Å². The van der Waals surface area contributed by atoms with Gasteiger partial charge in [-0.1, -0.05) is 6.58 Å². The molecule has 0 bridgehead atoms. The summed E-state index contributed by atoms with van der Waals surface area (Å²) in [7, 11) is 4.25. The Morgan fingerprint density at radius 2 is 1.87 bits per heavy atom. The average Bonchev–Trinajstić information content (AvgIpc) is 2.01. The molecule has 0 N–H and O–H groups in total. The number of rotatable bonds is 4. The van der Waals surface area contributed by atoms with Crippen molar-refractivity contribution in [2.24, 2.45) is 0 Å². The normalized spacial score (nSPS) is 11.5. The second kappa shape index (κ2) is 6.28. The van der Waals surface area contributed by atoms with Crippen LogP contribution in [-0.2, 0) is 9.53 Å². The molecular weight excluding hydrogens is 258 g/mol. The standard InChI is InChI=1S/C11H22NO2.BrH/c1-7-10(13)14-9-8-12(5,6)11(2,3)4;/h7H,1,8-9H2,2-6H3;1H/q+1;/p-1. The van der Waals surface area contributed by atoms with E-state index in [0.29, 0.717) is 6.61 Å². The maximum absolute atomic E-state index is 10.8. The Bertz CT molecular complexity index is 219. The number of likely N-dealkylation sites (N-methyl/N-ethyl adjacent to an activating group) is 1. The molecule has 90 valence electrons. The summed E-state index contributed by atoms with van der Waals surface area (Å²) in [5.41, 5.74) is 0.153. The molecule has 0 fully saturated rings. The smallest absolute Gasteiger partial charge is 0.330 e. The molecule has 0 aliphatic rings. The minimum atomic E-state index is -0.348. The van der Waals surface area contributed by atoms with E-state index >= 15 is 0 Å². The van der Waals surface area contributed by atoms with Crippen molar-refractivity contribution >= 4 is 5.97 Å². The Balaban J connectivity index is 0. The van der Waals surface area contributed by atoms with Crippen LogP contribution < -0.4 is 17.0 Å². The molecule has 0 rings (SSSR count). The summed E-state index contributed by atoms with van der Waals surface area (Å²) < 4.78 is 5.77. The molecule has 0 aromatic carbocycles. The van der Waals surface area contributed by atoms with Gasteiger partial charge in [-0.2, -0.15) is 0 Å². The summed E-state index contributed by atoms with van der Waals surface area (Å²) in [6.45, 7) is 11.1. The molecular formula is C11H22BrNO2. The van der Waals surface area contributed by atoms with Gasteiger partial charge in [-0.25, -0.2) is 4.79 Å². The molecule has 0 spiro atoms. The van der Waals surface area contributed by atoms with Crippen molar-refractivity contribution < 1.29 is 31.0 Å². The van der Waals surface area contributed by atoms with E-state index in [-0.39, 0.29) is 28.5 Å². The monoisotopic (exact) mass is 279 g/mol. The van der Waals surface area contributed by atoms with Crippen molar-refractivity contribution in [3.63, 3.8) is 0 Å². The number of halogens is 1. The highest BCUT2D eigenvalue weighted by atomic mass is 79.9. The van der Waals surface area contributed by atoms with Gasteiger partial charge in [0.05, 0.1) is 19.6 Å². The molecule has 4 heteroatoms. The van der Waals surface area contributed by atoms with Crippen molar-refractivity contribution in [3.8, 4) is 0 Å². The second-order valence-corrected chi connectivity index (χ2v) is 4.95. The van der Waals surface area contributed by atoms with E-state index in [1.807, 2.05) is 0 Å². The Morgan fingerprint density at radius 3 is 2.20 bits per heavy atom. The van der Waals surface area contributed by atoms with Gasteiger partial charge in [0.25, 0.3) is 0 Å². The van der Waals surface area contributed by atoms with Gasteiger partial charge < -0.3 is 26.2 Å². The van der Waals surface area contributed by atoms with Crippen molar-refractivity contribution in [1.29, 1.82) is 0 Å². The number of hydrogen-bond acceptors (Lipinski definition) is 2. The van der Waals surface area contributed by atoms with Crippen LogP contribution in [0.4, 0.5) is 0 Å². The minimum Gasteiger partial charge on any atom is -1.00 e. The van der Waals surface area contributed by atoms with Crippen LogP contribution in [0.1, 0.15) is 20.8 Å². The van der Waals surface area contributed by atoms with Gasteiger partial charge in [0.2, 0.25) is 0 Å². The first-order valence-corrected chi connectivity index (χ1v) is 4.83. The molecule has 3 nitrogen and oxygen atoms in total. The molecule has 0 radical (unpaired) electrons. The highest BCUT2D eigenvalue weighted by Crippen LogP contribution is 2.18. The van der Waals surface area contributed by atoms with Crippen molar-refractivity contribution in [2.75, 3.05) is 27.2 Å². The fraction of sp³-hybridized carbons (Fsp3) is 0.727. The van der Waals surface area contributed by atoms with Gasteiger partial charge in [0.15, 0.2) is 0 Å². The number of hydrogen-bond donors (Lipinski definition) is 0. The molecule has 0 aliphatic heterocycles. The Morgan fingerprint density at radius 1 is 1.40 bits per heavy atom. The molecule has 0 saturated heterocycles. The van der Waals surface area contributed by atoms with Crippen molar-refractivity contribution in [3.05, 3.63) is 12.7 Å². The summed E-state index contributed by atoms with van der Waals surface area (Å²) in [5.74, 6) is -0.348. The maximum atomic E-state index is 10.8. The molecule has 0 atom stereocenters. The number of quaternary nitrogens is 1. The summed E-state index contributed by atoms with van der Waals surface area (Å²) in [6, 6.07) is 0. The molecule has 0 saturated carbocycles. The highest BCUT2D eigenvalue weighted by molar-refractivity contribution is 5.81. The van der Waals surface area contributed by atoms with E-state index in [2.05, 4.69) is 41.4 Å². The third kappa shape index (κ3) is 5.95. The lowest BCUT2D eigenvalue weighted by molar-refractivity contribution is -0.935. The zero-order chi connectivity index (χ0) is 11.4. The van der Waals surface area contributed by atoms with E-state index in [9.17, 15) is 4.79 Å². The van der Waals surface area contributed by atoms with Crippen molar-refractivity contribution in [2.45, 2.75) is 26.3 Å². The molecule has 0 aliphatic carbocycles. The number of nitrogens with zero attached hydrogens (tertiary/aromatic N) is 1. The summed E-state index contributed by atoms with van der Waals surface area (Å²) >= 11 is 0. The van der Waals surface area contributed by atoms with E-state index < -0.39 is 0 Å². The largest absolute Gasteiger partial charge is 1.00 e. The van der Waals surface area contributed by atoms with E-state index in [1.54, 1.807) is 0 Å². The SMILES string of the molecule is C=CC(=O)OCC[N+](C)(C)C(C)(C)C.[Br-]. The van der Waals surface area contributed by atoms with E-state index in [1.165, 1.54) is 6.08 Å². The van der Waals surface area contributed by atoms with Crippen LogP contribution in [-0.4, -0.2) is 43.2 Å². The highest BCUT2D eigenvalue weighted by Gasteiger charge is 2.31. The van der Waals surface area contributed by atoms with Crippen LogP contribution in [0.15, 0.2) is 12.7 Å². The number of esters is 1. The predicted molar refractivity (Wildman–Crippen MR) is 57.9 cm³/mol. The lowest BCUT2D eigenvalue weighted by atomic mass is 10.0. The third-order valence-electron chi connectivity index (χ3n) is 2.88. The van der Waals surface area contributed by atoms with Crippen LogP contribution >= 0.6 is 0 Å². The first-order chi connectivity index (χ1) is 6.20. The molecule has 0 aromatic rings. The number of carbonyl (C=O) groups is 1. The first-order valence-electron chi connectivity index (χ1n) is 4.83. The maximum Gasteiger partial charge on any atom is 0.330 e. The Hall–Kier alpha value is -0.350. The number of ether oxygens (including phenoxy) is 1. The average molecular weight is 280 g/mol. The third-order valence-corrected chi connectivity index (χ3v) is 2.88. The summed E-state index contributed by atoms with van der Waals surface area (Å²) in [6.07, 6.45) is 1.19. The van der Waals surface area contributed by atoms with Gasteiger partial charge in [-0.3, -0.25) is 0 Å². The molecule has 15 heavy (non-hydrogen) atoms. The fourth-order valence-corrected chi connectivity index (χ4v) is 0.769. The molecule has 0 amide bonds. The van der Waals surface area contributed by atoms with Crippen molar-refractivity contribution in [1.82, 2.24) is 0 Å². The molecule has 0 aromatic heterocycles. The van der Waals surface area contributed by atoms with Gasteiger partial charge in [0, 0.05) is 6.08 Å². The summed E-state index contributed by atoms with van der Waals surface area (Å²) in [4.78, 5) is 10.8. The lowest BCUT2D eigenvalue weighted by Gasteiger charge is -2.42. The van der Waals surface area contributed by atoms with E-state index in [4.69, 9.17) is 4.74 Å².